The van der Waals surface area contributed by atoms with Crippen LogP contribution in [-0.4, -0.2) is 36.7 Å². The molecule has 0 radical (unpaired) electrons. The third kappa shape index (κ3) is 3.28. The lowest BCUT2D eigenvalue weighted by Crippen LogP contribution is -2.49. The molecule has 1 aliphatic rings. The van der Waals surface area contributed by atoms with Crippen LogP contribution in [0, 0.1) is 0 Å². The fraction of sp³-hybridized carbons (Fsp3) is 0.636. The largest absolute Gasteiger partial charge is 0.374 e. The summed E-state index contributed by atoms with van der Waals surface area (Å²) < 4.78 is 6.83. The first-order valence-electron chi connectivity index (χ1n) is 5.49. The second-order valence-corrected chi connectivity index (χ2v) is 6.76. The highest BCUT2D eigenvalue weighted by molar-refractivity contribution is 9.11. The molecule has 90 valence electrons. The van der Waals surface area contributed by atoms with E-state index in [0.717, 1.165) is 26.2 Å². The summed E-state index contributed by atoms with van der Waals surface area (Å²) in [6, 6.07) is 4.38. The van der Waals surface area contributed by atoms with E-state index in [-0.39, 0.29) is 12.1 Å². The van der Waals surface area contributed by atoms with Gasteiger partial charge in [0, 0.05) is 30.6 Å². The number of halogens is 1. The lowest BCUT2D eigenvalue weighted by molar-refractivity contribution is -0.0400. The average Bonchev–Trinajstić information content (AvgIpc) is 2.64. The lowest BCUT2D eigenvalue weighted by atomic mass is 10.1. The number of rotatable bonds is 3. The second kappa shape index (κ2) is 5.60. The number of morpholine rings is 1. The van der Waals surface area contributed by atoms with Crippen molar-refractivity contribution >= 4 is 27.3 Å². The van der Waals surface area contributed by atoms with Gasteiger partial charge in [-0.3, -0.25) is 4.90 Å². The first-order valence-corrected chi connectivity index (χ1v) is 7.10. The molecule has 1 aromatic rings. The second-order valence-electron chi connectivity index (χ2n) is 4.21. The lowest BCUT2D eigenvalue weighted by Gasteiger charge is -2.34. The summed E-state index contributed by atoms with van der Waals surface area (Å²) in [6.07, 6.45) is 0.178. The summed E-state index contributed by atoms with van der Waals surface area (Å²) in [5.74, 6) is 0. The van der Waals surface area contributed by atoms with Crippen molar-refractivity contribution in [1.29, 1.82) is 0 Å². The molecule has 0 unspecified atom stereocenters. The fourth-order valence-electron chi connectivity index (χ4n) is 1.85. The van der Waals surface area contributed by atoms with Gasteiger partial charge in [0.15, 0.2) is 0 Å². The molecule has 0 bridgehead atoms. The van der Waals surface area contributed by atoms with Gasteiger partial charge in [0.1, 0.15) is 0 Å². The summed E-state index contributed by atoms with van der Waals surface area (Å²) >= 11 is 5.28. The van der Waals surface area contributed by atoms with Crippen molar-refractivity contribution in [3.8, 4) is 0 Å². The molecule has 0 saturated carbocycles. The molecule has 2 atom stereocenters. The van der Waals surface area contributed by atoms with Gasteiger partial charge in [-0.1, -0.05) is 0 Å². The zero-order valence-electron chi connectivity index (χ0n) is 9.36. The number of thiophene rings is 1. The van der Waals surface area contributed by atoms with Crippen LogP contribution in [0.25, 0.3) is 0 Å². The quantitative estimate of drug-likeness (QED) is 0.929. The smallest absolute Gasteiger partial charge is 0.0850 e. The van der Waals surface area contributed by atoms with Gasteiger partial charge in [0.2, 0.25) is 0 Å². The van der Waals surface area contributed by atoms with Crippen LogP contribution in [0.4, 0.5) is 0 Å². The molecule has 0 aromatic carbocycles. The third-order valence-electron chi connectivity index (χ3n) is 2.77. The number of ether oxygens (including phenoxy) is 1. The van der Waals surface area contributed by atoms with Crippen molar-refractivity contribution in [2.45, 2.75) is 25.6 Å². The van der Waals surface area contributed by atoms with E-state index in [2.05, 4.69) is 33.0 Å². The molecule has 2 heterocycles. The van der Waals surface area contributed by atoms with Gasteiger partial charge in [-0.15, -0.1) is 11.3 Å². The van der Waals surface area contributed by atoms with Crippen molar-refractivity contribution < 1.29 is 4.74 Å². The first-order chi connectivity index (χ1) is 7.65. The van der Waals surface area contributed by atoms with Crippen molar-refractivity contribution in [1.82, 2.24) is 4.90 Å². The maximum atomic E-state index is 5.87. The summed E-state index contributed by atoms with van der Waals surface area (Å²) in [5.41, 5.74) is 5.87. The molecule has 0 spiro atoms. The van der Waals surface area contributed by atoms with E-state index in [1.54, 1.807) is 11.3 Å². The normalized spacial score (nSPS) is 24.6. The van der Waals surface area contributed by atoms with Gasteiger partial charge in [0.25, 0.3) is 0 Å². The van der Waals surface area contributed by atoms with E-state index in [9.17, 15) is 0 Å². The minimum Gasteiger partial charge on any atom is -0.374 e. The van der Waals surface area contributed by atoms with E-state index in [0.29, 0.717) is 0 Å². The predicted octanol–water partition coefficient (Wildman–Crippen LogP) is 2.06. The Hall–Kier alpha value is 0.0600. The van der Waals surface area contributed by atoms with Crippen LogP contribution in [0.2, 0.25) is 0 Å². The standard InChI is InChI=1S/C11H17BrN2OS/c1-8(13)10-7-14(4-5-15-10)6-9-2-3-11(12)16-9/h2-3,8,10H,4-7,13H2,1H3/t8-,10+/m1/s1. The van der Waals surface area contributed by atoms with Crippen molar-refractivity contribution in [2.75, 3.05) is 19.7 Å². The van der Waals surface area contributed by atoms with Crippen molar-refractivity contribution in [3.63, 3.8) is 0 Å². The highest BCUT2D eigenvalue weighted by Gasteiger charge is 2.23. The maximum absolute atomic E-state index is 5.87. The van der Waals surface area contributed by atoms with Gasteiger partial charge < -0.3 is 10.5 Å². The van der Waals surface area contributed by atoms with E-state index in [1.807, 2.05) is 6.92 Å². The molecular formula is C11H17BrN2OS. The van der Waals surface area contributed by atoms with Crippen molar-refractivity contribution in [2.24, 2.45) is 5.73 Å². The van der Waals surface area contributed by atoms with Gasteiger partial charge in [-0.2, -0.15) is 0 Å². The van der Waals surface area contributed by atoms with Gasteiger partial charge in [0.05, 0.1) is 16.5 Å². The van der Waals surface area contributed by atoms with Crippen molar-refractivity contribution in [3.05, 3.63) is 20.8 Å². The molecule has 5 heteroatoms. The van der Waals surface area contributed by atoms with Crippen LogP contribution in [0.15, 0.2) is 15.9 Å². The molecule has 1 aromatic heterocycles. The van der Waals surface area contributed by atoms with Gasteiger partial charge in [-0.05, 0) is 35.0 Å². The molecule has 1 aliphatic heterocycles. The highest BCUT2D eigenvalue weighted by Crippen LogP contribution is 2.24. The van der Waals surface area contributed by atoms with Crippen LogP contribution in [-0.2, 0) is 11.3 Å². The molecule has 1 fully saturated rings. The number of hydrogen-bond donors (Lipinski definition) is 1. The van der Waals surface area contributed by atoms with E-state index in [4.69, 9.17) is 10.5 Å². The summed E-state index contributed by atoms with van der Waals surface area (Å²) in [6.45, 7) is 5.74. The monoisotopic (exact) mass is 304 g/mol. The molecule has 0 amide bonds. The first kappa shape index (κ1) is 12.5. The van der Waals surface area contributed by atoms with Crippen LogP contribution in [0.3, 0.4) is 0 Å². The Labute approximate surface area is 109 Å². The maximum Gasteiger partial charge on any atom is 0.0850 e. The number of nitrogens with zero attached hydrogens (tertiary/aromatic N) is 1. The van der Waals surface area contributed by atoms with Crippen LogP contribution >= 0.6 is 27.3 Å². The van der Waals surface area contributed by atoms with Gasteiger partial charge in [-0.25, -0.2) is 0 Å². The average molecular weight is 305 g/mol. The summed E-state index contributed by atoms with van der Waals surface area (Å²) in [7, 11) is 0. The minimum absolute atomic E-state index is 0.109. The minimum atomic E-state index is 0.109. The molecule has 1 saturated heterocycles. The summed E-state index contributed by atoms with van der Waals surface area (Å²) in [5, 5.41) is 0. The Morgan fingerprint density at radius 1 is 1.69 bits per heavy atom. The zero-order valence-corrected chi connectivity index (χ0v) is 11.8. The van der Waals surface area contributed by atoms with Crippen LogP contribution in [0.5, 0.6) is 0 Å². The summed E-state index contributed by atoms with van der Waals surface area (Å²) in [4.78, 5) is 3.80. The molecular weight excluding hydrogens is 288 g/mol. The Morgan fingerprint density at radius 2 is 2.50 bits per heavy atom. The Balaban J connectivity index is 1.90. The SMILES string of the molecule is C[C@@H](N)[C@@H]1CN(Cc2ccc(Br)s2)CCO1. The Bertz CT molecular complexity index is 342. The van der Waals surface area contributed by atoms with Crippen LogP contribution < -0.4 is 5.73 Å². The molecule has 16 heavy (non-hydrogen) atoms. The van der Waals surface area contributed by atoms with E-state index >= 15 is 0 Å². The highest BCUT2D eigenvalue weighted by atomic mass is 79.9. The predicted molar refractivity (Wildman–Crippen MR) is 70.7 cm³/mol. The van der Waals surface area contributed by atoms with E-state index < -0.39 is 0 Å². The number of nitrogens with two attached hydrogens (primary N) is 1. The zero-order chi connectivity index (χ0) is 11.5. The Morgan fingerprint density at radius 3 is 3.12 bits per heavy atom. The topological polar surface area (TPSA) is 38.5 Å². The fourth-order valence-corrected chi connectivity index (χ4v) is 3.38. The molecule has 0 aliphatic carbocycles. The van der Waals surface area contributed by atoms with E-state index in [1.165, 1.54) is 8.66 Å². The number of hydrogen-bond acceptors (Lipinski definition) is 4. The molecule has 2 N–H and O–H groups in total. The van der Waals surface area contributed by atoms with Crippen LogP contribution in [0.1, 0.15) is 11.8 Å². The third-order valence-corrected chi connectivity index (χ3v) is 4.38. The van der Waals surface area contributed by atoms with Gasteiger partial charge >= 0.3 is 0 Å². The Kier molecular flexibility index (Phi) is 4.38. The molecule has 3 nitrogen and oxygen atoms in total. The molecule has 2 rings (SSSR count).